The van der Waals surface area contributed by atoms with Gasteiger partial charge in [0.1, 0.15) is 15.9 Å². The minimum Gasteiger partial charge on any atom is -0.459 e. The zero-order valence-electron chi connectivity index (χ0n) is 11.1. The van der Waals surface area contributed by atoms with E-state index in [0.29, 0.717) is 4.47 Å². The summed E-state index contributed by atoms with van der Waals surface area (Å²) in [6.45, 7) is 6.62. The van der Waals surface area contributed by atoms with E-state index in [1.54, 1.807) is 32.2 Å². The first-order valence-electron chi connectivity index (χ1n) is 5.51. The molecule has 0 aromatic carbocycles. The summed E-state index contributed by atoms with van der Waals surface area (Å²) in [6.07, 6.45) is 0. The average molecular weight is 370 g/mol. The smallest absolute Gasteiger partial charge is 0.324 e. The predicted molar refractivity (Wildman–Crippen MR) is 77.6 cm³/mol. The molecule has 0 aliphatic heterocycles. The van der Waals surface area contributed by atoms with Gasteiger partial charge < -0.3 is 4.74 Å². The maximum absolute atomic E-state index is 12.1. The summed E-state index contributed by atoms with van der Waals surface area (Å²) in [5.41, 5.74) is -0.652. The third-order valence-corrected chi connectivity index (χ3v) is 6.13. The molecule has 1 rings (SSSR count). The molecule has 19 heavy (non-hydrogen) atoms. The monoisotopic (exact) mass is 369 g/mol. The zero-order chi connectivity index (χ0) is 14.8. The molecular weight excluding hydrogens is 354 g/mol. The van der Waals surface area contributed by atoms with Gasteiger partial charge >= 0.3 is 5.97 Å². The van der Waals surface area contributed by atoms with Crippen LogP contribution in [0.25, 0.3) is 0 Å². The molecule has 0 spiro atoms. The zero-order valence-corrected chi connectivity index (χ0v) is 14.3. The van der Waals surface area contributed by atoms with Crippen LogP contribution in [0.1, 0.15) is 27.7 Å². The van der Waals surface area contributed by atoms with Crippen molar-refractivity contribution >= 4 is 43.3 Å². The van der Waals surface area contributed by atoms with Crippen LogP contribution in [-0.2, 0) is 19.6 Å². The number of carbonyl (C=O) groups is 1. The van der Waals surface area contributed by atoms with Gasteiger partial charge in [-0.15, -0.1) is 11.3 Å². The van der Waals surface area contributed by atoms with Gasteiger partial charge in [-0.1, -0.05) is 0 Å². The Hall–Kier alpha value is -0.440. The molecule has 0 amide bonds. The molecule has 0 bridgehead atoms. The highest BCUT2D eigenvalue weighted by Crippen LogP contribution is 2.27. The van der Waals surface area contributed by atoms with E-state index in [1.807, 2.05) is 0 Å². The first kappa shape index (κ1) is 16.6. The van der Waals surface area contributed by atoms with Gasteiger partial charge in [-0.2, -0.15) is 4.72 Å². The van der Waals surface area contributed by atoms with Crippen molar-refractivity contribution in [3.8, 4) is 0 Å². The summed E-state index contributed by atoms with van der Waals surface area (Å²) in [5.74, 6) is -0.608. The van der Waals surface area contributed by atoms with Crippen LogP contribution < -0.4 is 4.72 Å². The molecule has 0 unspecified atom stereocenters. The molecule has 1 heterocycles. The number of hydrogen-bond acceptors (Lipinski definition) is 5. The van der Waals surface area contributed by atoms with Gasteiger partial charge in [-0.3, -0.25) is 4.79 Å². The Morgan fingerprint density at radius 3 is 2.47 bits per heavy atom. The van der Waals surface area contributed by atoms with E-state index in [-0.39, 0.29) is 4.21 Å². The number of rotatable bonds is 4. The Morgan fingerprint density at radius 1 is 1.47 bits per heavy atom. The SMILES string of the molecule is C[C@H](NS(=O)(=O)c1sccc1Br)C(=O)OC(C)(C)C. The van der Waals surface area contributed by atoms with Crippen molar-refractivity contribution in [3.63, 3.8) is 0 Å². The summed E-state index contributed by atoms with van der Waals surface area (Å²) in [5, 5.41) is 1.65. The van der Waals surface area contributed by atoms with Gasteiger partial charge in [0.15, 0.2) is 0 Å². The van der Waals surface area contributed by atoms with Crippen molar-refractivity contribution in [2.75, 3.05) is 0 Å². The molecule has 0 fully saturated rings. The lowest BCUT2D eigenvalue weighted by Crippen LogP contribution is -2.42. The highest BCUT2D eigenvalue weighted by Gasteiger charge is 2.28. The summed E-state index contributed by atoms with van der Waals surface area (Å²) < 4.78 is 32.1. The lowest BCUT2D eigenvalue weighted by Gasteiger charge is -2.22. The normalized spacial score (nSPS) is 14.2. The van der Waals surface area contributed by atoms with E-state index >= 15 is 0 Å². The maximum Gasteiger partial charge on any atom is 0.324 e. The molecule has 5 nitrogen and oxygen atoms in total. The van der Waals surface area contributed by atoms with Crippen LogP contribution in [0.4, 0.5) is 0 Å². The molecule has 1 aromatic rings. The van der Waals surface area contributed by atoms with Gasteiger partial charge in [0.2, 0.25) is 0 Å². The molecule has 108 valence electrons. The van der Waals surface area contributed by atoms with Crippen LogP contribution in [-0.4, -0.2) is 26.0 Å². The van der Waals surface area contributed by atoms with E-state index in [4.69, 9.17) is 4.74 Å². The summed E-state index contributed by atoms with van der Waals surface area (Å²) in [4.78, 5) is 11.7. The first-order chi connectivity index (χ1) is 8.53. The Balaban J connectivity index is 2.80. The Kier molecular flexibility index (Phi) is 5.16. The fraction of sp³-hybridized carbons (Fsp3) is 0.545. The molecule has 1 N–H and O–H groups in total. The third-order valence-electron chi connectivity index (χ3n) is 1.92. The molecule has 0 aliphatic rings. The van der Waals surface area contributed by atoms with Crippen molar-refractivity contribution in [1.29, 1.82) is 0 Å². The highest BCUT2D eigenvalue weighted by molar-refractivity contribution is 9.10. The van der Waals surface area contributed by atoms with E-state index in [2.05, 4.69) is 20.7 Å². The highest BCUT2D eigenvalue weighted by atomic mass is 79.9. The van der Waals surface area contributed by atoms with Crippen LogP contribution >= 0.6 is 27.3 Å². The van der Waals surface area contributed by atoms with Crippen molar-refractivity contribution in [2.24, 2.45) is 0 Å². The fourth-order valence-corrected chi connectivity index (χ4v) is 4.74. The molecule has 0 saturated heterocycles. The molecule has 0 radical (unpaired) electrons. The number of esters is 1. The van der Waals surface area contributed by atoms with Crippen molar-refractivity contribution < 1.29 is 17.9 Å². The molecule has 1 atom stereocenters. The van der Waals surface area contributed by atoms with Crippen LogP contribution in [0.15, 0.2) is 20.1 Å². The number of thiophene rings is 1. The first-order valence-corrected chi connectivity index (χ1v) is 8.67. The van der Waals surface area contributed by atoms with Crippen LogP contribution in [0.3, 0.4) is 0 Å². The summed E-state index contributed by atoms with van der Waals surface area (Å²) >= 11 is 4.23. The maximum atomic E-state index is 12.1. The second-order valence-electron chi connectivity index (χ2n) is 4.93. The number of halogens is 1. The van der Waals surface area contributed by atoms with Gasteiger partial charge in [-0.05, 0) is 55.1 Å². The third kappa shape index (κ3) is 4.87. The van der Waals surface area contributed by atoms with E-state index in [9.17, 15) is 13.2 Å². The van der Waals surface area contributed by atoms with Crippen molar-refractivity contribution in [2.45, 2.75) is 43.5 Å². The van der Waals surface area contributed by atoms with Crippen LogP contribution in [0, 0.1) is 0 Å². The van der Waals surface area contributed by atoms with E-state index < -0.39 is 27.6 Å². The second kappa shape index (κ2) is 5.90. The number of ether oxygens (including phenoxy) is 1. The van der Waals surface area contributed by atoms with E-state index in [1.165, 1.54) is 6.92 Å². The average Bonchev–Trinajstić information content (AvgIpc) is 2.61. The van der Waals surface area contributed by atoms with Gasteiger partial charge in [-0.25, -0.2) is 8.42 Å². The largest absolute Gasteiger partial charge is 0.459 e. The van der Waals surface area contributed by atoms with E-state index in [0.717, 1.165) is 11.3 Å². The van der Waals surface area contributed by atoms with Gasteiger partial charge in [0.25, 0.3) is 10.0 Å². The second-order valence-corrected chi connectivity index (χ2v) is 8.61. The van der Waals surface area contributed by atoms with Gasteiger partial charge in [0, 0.05) is 4.47 Å². The lowest BCUT2D eigenvalue weighted by molar-refractivity contribution is -0.156. The molecule has 0 saturated carbocycles. The minimum absolute atomic E-state index is 0.142. The lowest BCUT2D eigenvalue weighted by atomic mass is 10.2. The number of carbonyl (C=O) groups excluding carboxylic acids is 1. The van der Waals surface area contributed by atoms with Crippen LogP contribution in [0.5, 0.6) is 0 Å². The summed E-state index contributed by atoms with van der Waals surface area (Å²) in [7, 11) is -3.73. The molecular formula is C11H16BrNO4S2. The van der Waals surface area contributed by atoms with Crippen molar-refractivity contribution in [1.82, 2.24) is 4.72 Å². The van der Waals surface area contributed by atoms with Gasteiger partial charge in [0.05, 0.1) is 0 Å². The minimum atomic E-state index is -3.73. The number of nitrogens with one attached hydrogen (secondary N) is 1. The Morgan fingerprint density at radius 2 is 2.05 bits per heavy atom. The predicted octanol–water partition coefficient (Wildman–Crippen LogP) is 2.52. The topological polar surface area (TPSA) is 72.5 Å². The molecule has 1 aromatic heterocycles. The Bertz CT molecular complexity index is 559. The Labute approximate surface area is 125 Å². The number of sulfonamides is 1. The van der Waals surface area contributed by atoms with Crippen LogP contribution in [0.2, 0.25) is 0 Å². The summed E-state index contributed by atoms with van der Waals surface area (Å²) in [6, 6.07) is 0.690. The standard InChI is InChI=1S/C11H16BrNO4S2/c1-7(9(14)17-11(2,3)4)13-19(15,16)10-8(12)5-6-18-10/h5-7,13H,1-4H3/t7-/m0/s1. The molecule has 0 aliphatic carbocycles. The quantitative estimate of drug-likeness (QED) is 0.827. The molecule has 8 heteroatoms. The number of hydrogen-bond donors (Lipinski definition) is 1. The fourth-order valence-electron chi connectivity index (χ4n) is 1.20. The van der Waals surface area contributed by atoms with Crippen molar-refractivity contribution in [3.05, 3.63) is 15.9 Å².